The van der Waals surface area contributed by atoms with Crippen LogP contribution in [0.3, 0.4) is 0 Å². The summed E-state index contributed by atoms with van der Waals surface area (Å²) in [5, 5.41) is 0.819. The molecule has 5 heteroatoms. The number of hydrogen-bond acceptors (Lipinski definition) is 3. The first-order valence-electron chi connectivity index (χ1n) is 5.52. The molecule has 0 aromatic heterocycles. The van der Waals surface area contributed by atoms with Gasteiger partial charge < -0.3 is 4.74 Å². The van der Waals surface area contributed by atoms with Gasteiger partial charge in [-0.25, -0.2) is 8.42 Å². The van der Waals surface area contributed by atoms with Crippen molar-refractivity contribution in [3.63, 3.8) is 0 Å². The molecular weight excluding hydrogens is 280 g/mol. The molecule has 0 saturated carbocycles. The van der Waals surface area contributed by atoms with Crippen LogP contribution in [0, 0.1) is 0 Å². The number of ether oxygens (including phenoxy) is 1. The van der Waals surface area contributed by atoms with Crippen LogP contribution in [0.1, 0.15) is 32.1 Å². The Hall–Kier alpha value is 0.390. The quantitative estimate of drug-likeness (QED) is 0.557. The van der Waals surface area contributed by atoms with Gasteiger partial charge in [0, 0.05) is 18.5 Å². The van der Waals surface area contributed by atoms with E-state index in [-0.39, 0.29) is 5.25 Å². The third-order valence-electron chi connectivity index (χ3n) is 2.74. The first-order chi connectivity index (χ1) is 7.17. The molecule has 0 aliphatic carbocycles. The van der Waals surface area contributed by atoms with E-state index in [4.69, 9.17) is 4.74 Å². The van der Waals surface area contributed by atoms with Gasteiger partial charge in [0.15, 0.2) is 9.84 Å². The molecule has 3 nitrogen and oxygen atoms in total. The molecule has 1 aliphatic heterocycles. The maximum atomic E-state index is 11.9. The normalized spacial score (nSPS) is 19.3. The highest BCUT2D eigenvalue weighted by molar-refractivity contribution is 9.09. The highest BCUT2D eigenvalue weighted by Gasteiger charge is 2.26. The minimum absolute atomic E-state index is 0.143. The van der Waals surface area contributed by atoms with Crippen molar-refractivity contribution in [1.29, 1.82) is 0 Å². The second kappa shape index (κ2) is 6.86. The van der Waals surface area contributed by atoms with Crippen molar-refractivity contribution in [2.45, 2.75) is 37.4 Å². The SMILES string of the molecule is O=S(=O)(CCCCCBr)C1CCOCC1. The fourth-order valence-electron chi connectivity index (χ4n) is 1.78. The van der Waals surface area contributed by atoms with Gasteiger partial charge in [0.2, 0.25) is 0 Å². The average Bonchev–Trinajstić information content (AvgIpc) is 2.26. The number of hydrogen-bond donors (Lipinski definition) is 0. The minimum Gasteiger partial charge on any atom is -0.381 e. The zero-order valence-corrected chi connectivity index (χ0v) is 11.4. The van der Waals surface area contributed by atoms with E-state index in [0.717, 1.165) is 24.6 Å². The van der Waals surface area contributed by atoms with Gasteiger partial charge in [-0.3, -0.25) is 0 Å². The van der Waals surface area contributed by atoms with Crippen LogP contribution in [0.15, 0.2) is 0 Å². The summed E-state index contributed by atoms with van der Waals surface area (Å²) in [4.78, 5) is 0. The van der Waals surface area contributed by atoms with Crippen LogP contribution in [0.2, 0.25) is 0 Å². The van der Waals surface area contributed by atoms with E-state index < -0.39 is 9.84 Å². The smallest absolute Gasteiger partial charge is 0.153 e. The molecule has 0 spiro atoms. The van der Waals surface area contributed by atoms with Gasteiger partial charge in [0.05, 0.1) is 11.0 Å². The van der Waals surface area contributed by atoms with E-state index in [1.165, 1.54) is 0 Å². The minimum atomic E-state index is -2.86. The molecule has 0 bridgehead atoms. The molecule has 0 aromatic carbocycles. The Bertz CT molecular complexity index is 258. The lowest BCUT2D eigenvalue weighted by atomic mass is 10.2. The Morgan fingerprint density at radius 1 is 1.13 bits per heavy atom. The summed E-state index contributed by atoms with van der Waals surface area (Å²) in [5.74, 6) is 0.352. The third-order valence-corrected chi connectivity index (χ3v) is 5.64. The number of sulfone groups is 1. The highest BCUT2D eigenvalue weighted by Crippen LogP contribution is 2.17. The monoisotopic (exact) mass is 298 g/mol. The summed E-state index contributed by atoms with van der Waals surface area (Å²) in [7, 11) is -2.86. The van der Waals surface area contributed by atoms with E-state index in [1.807, 2.05) is 0 Å². The molecule has 0 radical (unpaired) electrons. The topological polar surface area (TPSA) is 43.4 Å². The fourth-order valence-corrected chi connectivity index (χ4v) is 4.02. The van der Waals surface area contributed by atoms with Gasteiger partial charge in [0.25, 0.3) is 0 Å². The van der Waals surface area contributed by atoms with Crippen molar-refractivity contribution in [2.75, 3.05) is 24.3 Å². The summed E-state index contributed by atoms with van der Waals surface area (Å²) in [6.07, 6.45) is 4.21. The van der Waals surface area contributed by atoms with E-state index in [1.54, 1.807) is 0 Å². The first-order valence-corrected chi connectivity index (χ1v) is 8.36. The van der Waals surface area contributed by atoms with Crippen LogP contribution in [-0.4, -0.2) is 38.0 Å². The predicted octanol–water partition coefficient (Wildman–Crippen LogP) is 2.15. The van der Waals surface area contributed by atoms with E-state index in [9.17, 15) is 8.42 Å². The van der Waals surface area contributed by atoms with Crippen molar-refractivity contribution in [1.82, 2.24) is 0 Å². The van der Waals surface area contributed by atoms with Crippen molar-refractivity contribution >= 4 is 25.8 Å². The molecule has 0 aromatic rings. The van der Waals surface area contributed by atoms with Gasteiger partial charge in [-0.05, 0) is 25.7 Å². The Balaban J connectivity index is 2.30. The van der Waals surface area contributed by atoms with Crippen LogP contribution >= 0.6 is 15.9 Å². The molecule has 0 amide bonds. The van der Waals surface area contributed by atoms with Gasteiger partial charge in [-0.2, -0.15) is 0 Å². The summed E-state index contributed by atoms with van der Waals surface area (Å²) < 4.78 is 28.9. The number of rotatable bonds is 6. The molecule has 90 valence electrons. The maximum Gasteiger partial charge on any atom is 0.153 e. The van der Waals surface area contributed by atoms with E-state index >= 15 is 0 Å². The Kier molecular flexibility index (Phi) is 6.16. The third kappa shape index (κ3) is 4.83. The number of unbranched alkanes of at least 4 members (excludes halogenated alkanes) is 2. The zero-order valence-electron chi connectivity index (χ0n) is 8.95. The van der Waals surface area contributed by atoms with Crippen LogP contribution in [-0.2, 0) is 14.6 Å². The van der Waals surface area contributed by atoms with Gasteiger partial charge in [0.1, 0.15) is 0 Å². The molecule has 0 unspecified atom stereocenters. The molecule has 1 fully saturated rings. The van der Waals surface area contributed by atoms with Gasteiger partial charge >= 0.3 is 0 Å². The van der Waals surface area contributed by atoms with Crippen LogP contribution in [0.5, 0.6) is 0 Å². The number of halogens is 1. The van der Waals surface area contributed by atoms with Crippen LogP contribution in [0.4, 0.5) is 0 Å². The van der Waals surface area contributed by atoms with Crippen LogP contribution < -0.4 is 0 Å². The van der Waals surface area contributed by atoms with Gasteiger partial charge in [-0.1, -0.05) is 22.4 Å². The molecule has 1 saturated heterocycles. The lowest BCUT2D eigenvalue weighted by Crippen LogP contribution is -2.30. The molecule has 1 aliphatic rings. The molecule has 15 heavy (non-hydrogen) atoms. The van der Waals surface area contributed by atoms with E-state index in [0.29, 0.717) is 31.8 Å². The fraction of sp³-hybridized carbons (Fsp3) is 1.00. The van der Waals surface area contributed by atoms with E-state index in [2.05, 4.69) is 15.9 Å². The first kappa shape index (κ1) is 13.5. The van der Waals surface area contributed by atoms with Crippen molar-refractivity contribution in [2.24, 2.45) is 0 Å². The van der Waals surface area contributed by atoms with Crippen molar-refractivity contribution in [3.05, 3.63) is 0 Å². The average molecular weight is 299 g/mol. The van der Waals surface area contributed by atoms with Crippen molar-refractivity contribution in [3.8, 4) is 0 Å². The largest absolute Gasteiger partial charge is 0.381 e. The molecule has 1 heterocycles. The number of alkyl halides is 1. The molecular formula is C10H19BrO3S. The maximum absolute atomic E-state index is 11.9. The summed E-state index contributed by atoms with van der Waals surface area (Å²) in [6, 6.07) is 0. The lowest BCUT2D eigenvalue weighted by molar-refractivity contribution is 0.0983. The van der Waals surface area contributed by atoms with Gasteiger partial charge in [-0.15, -0.1) is 0 Å². The molecule has 0 atom stereocenters. The Labute approximate surface area is 101 Å². The Morgan fingerprint density at radius 2 is 1.80 bits per heavy atom. The lowest BCUT2D eigenvalue weighted by Gasteiger charge is -2.22. The summed E-state index contributed by atoms with van der Waals surface area (Å²) >= 11 is 3.34. The van der Waals surface area contributed by atoms with Crippen molar-refractivity contribution < 1.29 is 13.2 Å². The standard InChI is InChI=1S/C10H19BrO3S/c11-6-2-1-3-9-15(12,13)10-4-7-14-8-5-10/h10H,1-9H2. The van der Waals surface area contributed by atoms with Crippen LogP contribution in [0.25, 0.3) is 0 Å². The predicted molar refractivity (Wildman–Crippen MR) is 65.3 cm³/mol. The zero-order chi connectivity index (χ0) is 11.1. The summed E-state index contributed by atoms with van der Waals surface area (Å²) in [5.41, 5.74) is 0. The second-order valence-electron chi connectivity index (χ2n) is 3.93. The molecule has 1 rings (SSSR count). The molecule has 0 N–H and O–H groups in total. The Morgan fingerprint density at radius 3 is 2.40 bits per heavy atom. The second-order valence-corrected chi connectivity index (χ2v) is 7.12. The highest BCUT2D eigenvalue weighted by atomic mass is 79.9. The summed E-state index contributed by atoms with van der Waals surface area (Å²) in [6.45, 7) is 1.20.